The lowest BCUT2D eigenvalue weighted by molar-refractivity contribution is 0.214. The van der Waals surface area contributed by atoms with Gasteiger partial charge in [0.05, 0.1) is 0 Å². The van der Waals surface area contributed by atoms with Crippen molar-refractivity contribution in [3.05, 3.63) is 0 Å². The molecule has 2 atom stereocenters. The second-order valence-corrected chi connectivity index (χ2v) is 5.73. The molecule has 0 spiro atoms. The van der Waals surface area contributed by atoms with Gasteiger partial charge in [0.2, 0.25) is 0 Å². The summed E-state index contributed by atoms with van der Waals surface area (Å²) < 4.78 is 0. The van der Waals surface area contributed by atoms with Crippen LogP contribution in [-0.4, -0.2) is 62.7 Å². The zero-order chi connectivity index (χ0) is 11.4. The Bertz CT molecular complexity index is 205. The third-order valence-electron chi connectivity index (χ3n) is 4.06. The largest absolute Gasteiger partial charge is 0.315 e. The maximum absolute atomic E-state index is 3.56. The summed E-state index contributed by atoms with van der Waals surface area (Å²) in [6.07, 6.45) is 5.71. The lowest BCUT2D eigenvalue weighted by Gasteiger charge is -2.26. The minimum Gasteiger partial charge on any atom is -0.315 e. The SMILES string of the molecule is CN(C)CCCNCCN1CC2CCC1C2. The predicted molar refractivity (Wildman–Crippen MR) is 68.7 cm³/mol. The highest BCUT2D eigenvalue weighted by atomic mass is 15.2. The molecule has 2 aliphatic rings. The van der Waals surface area contributed by atoms with Crippen molar-refractivity contribution < 1.29 is 0 Å². The predicted octanol–water partition coefficient (Wildman–Crippen LogP) is 1.01. The molecular weight excluding hydrogens is 198 g/mol. The van der Waals surface area contributed by atoms with Crippen molar-refractivity contribution in [3.8, 4) is 0 Å². The van der Waals surface area contributed by atoms with Gasteiger partial charge in [-0.3, -0.25) is 4.90 Å². The van der Waals surface area contributed by atoms with Crippen LogP contribution in [0.4, 0.5) is 0 Å². The van der Waals surface area contributed by atoms with E-state index in [1.165, 1.54) is 58.4 Å². The first-order valence-corrected chi connectivity index (χ1v) is 6.85. The number of hydrogen-bond acceptors (Lipinski definition) is 3. The van der Waals surface area contributed by atoms with Gasteiger partial charge in [0.15, 0.2) is 0 Å². The minimum atomic E-state index is 0.938. The molecule has 0 aromatic carbocycles. The molecule has 0 radical (unpaired) electrons. The van der Waals surface area contributed by atoms with Crippen molar-refractivity contribution in [2.45, 2.75) is 31.7 Å². The van der Waals surface area contributed by atoms with Gasteiger partial charge in [0, 0.05) is 25.7 Å². The molecule has 0 aromatic rings. The second kappa shape index (κ2) is 5.99. The van der Waals surface area contributed by atoms with Gasteiger partial charge >= 0.3 is 0 Å². The molecule has 1 heterocycles. The molecule has 1 saturated carbocycles. The van der Waals surface area contributed by atoms with E-state index in [2.05, 4.69) is 29.2 Å². The van der Waals surface area contributed by atoms with E-state index in [0.717, 1.165) is 12.0 Å². The van der Waals surface area contributed by atoms with E-state index >= 15 is 0 Å². The fraction of sp³-hybridized carbons (Fsp3) is 1.00. The van der Waals surface area contributed by atoms with Crippen molar-refractivity contribution in [1.82, 2.24) is 15.1 Å². The molecular formula is C13H27N3. The first-order chi connectivity index (χ1) is 7.75. The van der Waals surface area contributed by atoms with Gasteiger partial charge in [-0.15, -0.1) is 0 Å². The standard InChI is InChI=1S/C13H27N3/c1-15(2)8-3-6-14-7-9-16-11-12-4-5-13(16)10-12/h12-14H,3-11H2,1-2H3. The first-order valence-electron chi connectivity index (χ1n) is 6.85. The fourth-order valence-corrected chi connectivity index (χ4v) is 3.17. The second-order valence-electron chi connectivity index (χ2n) is 5.73. The van der Waals surface area contributed by atoms with Crippen LogP contribution in [0.5, 0.6) is 0 Å². The zero-order valence-corrected chi connectivity index (χ0v) is 10.9. The van der Waals surface area contributed by atoms with Gasteiger partial charge in [-0.05, 0) is 58.8 Å². The molecule has 94 valence electrons. The third kappa shape index (κ3) is 3.44. The lowest BCUT2D eigenvalue weighted by atomic mass is 10.1. The van der Waals surface area contributed by atoms with Crippen LogP contribution in [0.15, 0.2) is 0 Å². The van der Waals surface area contributed by atoms with E-state index in [0.29, 0.717) is 0 Å². The van der Waals surface area contributed by atoms with Crippen LogP contribution in [-0.2, 0) is 0 Å². The molecule has 3 heteroatoms. The van der Waals surface area contributed by atoms with Crippen molar-refractivity contribution in [2.24, 2.45) is 5.92 Å². The van der Waals surface area contributed by atoms with Crippen LogP contribution in [0.1, 0.15) is 25.7 Å². The number of piperidine rings is 1. The average Bonchev–Trinajstić information content (AvgIpc) is 2.84. The molecule has 2 fully saturated rings. The molecule has 2 unspecified atom stereocenters. The topological polar surface area (TPSA) is 18.5 Å². The summed E-state index contributed by atoms with van der Waals surface area (Å²) >= 11 is 0. The van der Waals surface area contributed by atoms with E-state index in [4.69, 9.17) is 0 Å². The van der Waals surface area contributed by atoms with Crippen molar-refractivity contribution in [3.63, 3.8) is 0 Å². The molecule has 1 aliphatic heterocycles. The van der Waals surface area contributed by atoms with Crippen molar-refractivity contribution >= 4 is 0 Å². The fourth-order valence-electron chi connectivity index (χ4n) is 3.17. The average molecular weight is 225 g/mol. The molecule has 1 aliphatic carbocycles. The summed E-state index contributed by atoms with van der Waals surface area (Å²) in [7, 11) is 4.28. The lowest BCUT2D eigenvalue weighted by Crippen LogP contribution is -2.38. The molecule has 2 rings (SSSR count). The maximum atomic E-state index is 3.56. The zero-order valence-electron chi connectivity index (χ0n) is 10.9. The Morgan fingerprint density at radius 2 is 2.12 bits per heavy atom. The maximum Gasteiger partial charge on any atom is 0.0110 e. The Kier molecular flexibility index (Phi) is 4.62. The van der Waals surface area contributed by atoms with E-state index < -0.39 is 0 Å². The summed E-state index contributed by atoms with van der Waals surface area (Å²) in [5, 5.41) is 3.56. The highest BCUT2D eigenvalue weighted by Gasteiger charge is 2.36. The number of rotatable bonds is 7. The first kappa shape index (κ1) is 12.3. The van der Waals surface area contributed by atoms with Crippen LogP contribution >= 0.6 is 0 Å². The molecule has 2 bridgehead atoms. The van der Waals surface area contributed by atoms with Crippen LogP contribution in [0.2, 0.25) is 0 Å². The number of nitrogens with zero attached hydrogens (tertiary/aromatic N) is 2. The molecule has 0 amide bonds. The normalized spacial score (nSPS) is 29.4. The monoisotopic (exact) mass is 225 g/mol. The van der Waals surface area contributed by atoms with E-state index in [9.17, 15) is 0 Å². The Balaban J connectivity index is 1.46. The van der Waals surface area contributed by atoms with Gasteiger partial charge in [-0.2, -0.15) is 0 Å². The van der Waals surface area contributed by atoms with Gasteiger partial charge in [-0.25, -0.2) is 0 Å². The summed E-state index contributed by atoms with van der Waals surface area (Å²) in [5.41, 5.74) is 0. The van der Waals surface area contributed by atoms with Gasteiger partial charge in [-0.1, -0.05) is 0 Å². The van der Waals surface area contributed by atoms with Gasteiger partial charge < -0.3 is 10.2 Å². The third-order valence-corrected chi connectivity index (χ3v) is 4.06. The van der Waals surface area contributed by atoms with Gasteiger partial charge in [0.1, 0.15) is 0 Å². The Morgan fingerprint density at radius 1 is 1.25 bits per heavy atom. The van der Waals surface area contributed by atoms with Gasteiger partial charge in [0.25, 0.3) is 0 Å². The van der Waals surface area contributed by atoms with E-state index in [1.54, 1.807) is 0 Å². The minimum absolute atomic E-state index is 0.938. The summed E-state index contributed by atoms with van der Waals surface area (Å²) in [4.78, 5) is 4.95. The molecule has 3 nitrogen and oxygen atoms in total. The molecule has 1 saturated heterocycles. The highest BCUT2D eigenvalue weighted by Crippen LogP contribution is 2.36. The van der Waals surface area contributed by atoms with Crippen LogP contribution < -0.4 is 5.32 Å². The van der Waals surface area contributed by atoms with E-state index in [-0.39, 0.29) is 0 Å². The quantitative estimate of drug-likeness (QED) is 0.653. The Hall–Kier alpha value is -0.120. The molecule has 16 heavy (non-hydrogen) atoms. The van der Waals surface area contributed by atoms with Crippen LogP contribution in [0.3, 0.4) is 0 Å². The number of nitrogens with one attached hydrogen (secondary N) is 1. The number of likely N-dealkylation sites (tertiary alicyclic amines) is 1. The Morgan fingerprint density at radius 3 is 2.75 bits per heavy atom. The van der Waals surface area contributed by atoms with Crippen LogP contribution in [0, 0.1) is 5.92 Å². The molecule has 0 aromatic heterocycles. The number of hydrogen-bond donors (Lipinski definition) is 1. The Labute approximate surface area is 100 Å². The highest BCUT2D eigenvalue weighted by molar-refractivity contribution is 4.91. The number of fused-ring (bicyclic) bond motifs is 2. The summed E-state index contributed by atoms with van der Waals surface area (Å²) in [6, 6.07) is 0.938. The van der Waals surface area contributed by atoms with Crippen molar-refractivity contribution in [1.29, 1.82) is 0 Å². The van der Waals surface area contributed by atoms with E-state index in [1.807, 2.05) is 0 Å². The summed E-state index contributed by atoms with van der Waals surface area (Å²) in [5.74, 6) is 1.04. The summed E-state index contributed by atoms with van der Waals surface area (Å²) in [6.45, 7) is 6.19. The van der Waals surface area contributed by atoms with Crippen molar-refractivity contribution in [2.75, 3.05) is 46.8 Å². The smallest absolute Gasteiger partial charge is 0.0110 e. The molecule has 1 N–H and O–H groups in total. The van der Waals surface area contributed by atoms with Crippen LogP contribution in [0.25, 0.3) is 0 Å².